The normalized spacial score (nSPS) is 12.8. The first-order chi connectivity index (χ1) is 10.9. The Hall–Kier alpha value is -0.950. The first kappa shape index (κ1) is 20.1. The second-order valence-electron chi connectivity index (χ2n) is 6.67. The van der Waals surface area contributed by atoms with Gasteiger partial charge < -0.3 is 4.90 Å². The minimum atomic E-state index is 0. The molecular formula is C21H34ClN. The van der Waals surface area contributed by atoms with E-state index in [9.17, 15) is 0 Å². The molecule has 0 fully saturated rings. The van der Waals surface area contributed by atoms with Crippen molar-refractivity contribution in [3.63, 3.8) is 0 Å². The summed E-state index contributed by atoms with van der Waals surface area (Å²) >= 11 is 0. The number of hydrogen-bond acceptors (Lipinski definition) is 1. The Labute approximate surface area is 149 Å². The Morgan fingerprint density at radius 2 is 1.43 bits per heavy atom. The summed E-state index contributed by atoms with van der Waals surface area (Å²) in [7, 11) is 0. The molecule has 2 heteroatoms. The first-order valence-electron chi connectivity index (χ1n) is 9.40. The van der Waals surface area contributed by atoms with Crippen LogP contribution >= 0.6 is 12.4 Å². The Kier molecular flexibility index (Phi) is 10.9. The third kappa shape index (κ3) is 7.92. The molecule has 0 unspecified atom stereocenters. The van der Waals surface area contributed by atoms with Gasteiger partial charge in [0, 0.05) is 13.1 Å². The average molecular weight is 336 g/mol. The van der Waals surface area contributed by atoms with E-state index in [4.69, 9.17) is 0 Å². The Morgan fingerprint density at radius 3 is 2.13 bits per heavy atom. The maximum Gasteiger partial charge on any atom is 0.0429 e. The fourth-order valence-electron chi connectivity index (χ4n) is 3.25. The summed E-state index contributed by atoms with van der Waals surface area (Å²) < 4.78 is 0. The van der Waals surface area contributed by atoms with Crippen LogP contribution in [0.25, 0.3) is 6.08 Å². The Bertz CT molecular complexity index is 441. The van der Waals surface area contributed by atoms with E-state index in [1.807, 2.05) is 0 Å². The number of unbranched alkanes of at least 4 members (excludes halogenated alkanes) is 9. The largest absolute Gasteiger partial charge is 0.373 e. The van der Waals surface area contributed by atoms with Gasteiger partial charge in [-0.25, -0.2) is 0 Å². The summed E-state index contributed by atoms with van der Waals surface area (Å²) in [5.74, 6) is 0. The summed E-state index contributed by atoms with van der Waals surface area (Å²) in [6, 6.07) is 8.74. The Morgan fingerprint density at radius 1 is 0.826 bits per heavy atom. The van der Waals surface area contributed by atoms with E-state index in [-0.39, 0.29) is 12.4 Å². The predicted molar refractivity (Wildman–Crippen MR) is 105 cm³/mol. The van der Waals surface area contributed by atoms with E-state index >= 15 is 0 Å². The molecule has 1 aliphatic rings. The van der Waals surface area contributed by atoms with Crippen LogP contribution in [0.5, 0.6) is 0 Å². The molecule has 1 heterocycles. The molecule has 1 aliphatic heterocycles. The lowest BCUT2D eigenvalue weighted by atomic mass is 10.0. The maximum absolute atomic E-state index is 2.47. The number of benzene rings is 1. The van der Waals surface area contributed by atoms with E-state index in [1.165, 1.54) is 81.9 Å². The van der Waals surface area contributed by atoms with Crippen molar-refractivity contribution in [3.05, 3.63) is 41.6 Å². The van der Waals surface area contributed by atoms with Crippen molar-refractivity contribution >= 4 is 18.5 Å². The van der Waals surface area contributed by atoms with Gasteiger partial charge >= 0.3 is 0 Å². The van der Waals surface area contributed by atoms with Crippen molar-refractivity contribution in [1.82, 2.24) is 4.90 Å². The van der Waals surface area contributed by atoms with Crippen LogP contribution in [0, 0.1) is 0 Å². The van der Waals surface area contributed by atoms with E-state index in [1.54, 1.807) is 0 Å². The molecule has 0 saturated carbocycles. The summed E-state index contributed by atoms with van der Waals surface area (Å²) in [6.07, 6.45) is 18.7. The smallest absolute Gasteiger partial charge is 0.0429 e. The van der Waals surface area contributed by atoms with E-state index in [0.717, 1.165) is 6.54 Å². The fourth-order valence-corrected chi connectivity index (χ4v) is 3.25. The molecule has 0 radical (unpaired) electrons. The van der Waals surface area contributed by atoms with Crippen molar-refractivity contribution in [3.8, 4) is 0 Å². The van der Waals surface area contributed by atoms with Crippen molar-refractivity contribution in [2.24, 2.45) is 0 Å². The van der Waals surface area contributed by atoms with Gasteiger partial charge in [0.25, 0.3) is 0 Å². The van der Waals surface area contributed by atoms with Gasteiger partial charge in [-0.3, -0.25) is 0 Å². The molecule has 0 aromatic heterocycles. The summed E-state index contributed by atoms with van der Waals surface area (Å²) in [5, 5.41) is 0. The highest BCUT2D eigenvalue weighted by atomic mass is 35.5. The second kappa shape index (κ2) is 12.5. The van der Waals surface area contributed by atoms with Crippen LogP contribution in [0.3, 0.4) is 0 Å². The van der Waals surface area contributed by atoms with E-state index in [2.05, 4.69) is 48.4 Å². The van der Waals surface area contributed by atoms with Gasteiger partial charge in [0.15, 0.2) is 0 Å². The summed E-state index contributed by atoms with van der Waals surface area (Å²) in [6.45, 7) is 4.58. The molecule has 130 valence electrons. The van der Waals surface area contributed by atoms with Gasteiger partial charge in [-0.1, -0.05) is 89.0 Å². The minimum absolute atomic E-state index is 0. The van der Waals surface area contributed by atoms with Gasteiger partial charge in [0.05, 0.1) is 0 Å². The van der Waals surface area contributed by atoms with Crippen molar-refractivity contribution in [1.29, 1.82) is 0 Å². The first-order valence-corrected chi connectivity index (χ1v) is 9.40. The lowest BCUT2D eigenvalue weighted by molar-refractivity contribution is 0.353. The zero-order valence-corrected chi connectivity index (χ0v) is 15.6. The van der Waals surface area contributed by atoms with Crippen LogP contribution in [0.2, 0.25) is 0 Å². The zero-order valence-electron chi connectivity index (χ0n) is 14.8. The molecule has 0 spiro atoms. The molecule has 0 amide bonds. The van der Waals surface area contributed by atoms with Crippen LogP contribution in [-0.4, -0.2) is 11.4 Å². The number of rotatable bonds is 11. The zero-order chi connectivity index (χ0) is 15.5. The number of hydrogen-bond donors (Lipinski definition) is 0. The van der Waals surface area contributed by atoms with Crippen LogP contribution in [-0.2, 0) is 6.54 Å². The van der Waals surface area contributed by atoms with Crippen LogP contribution in [0.4, 0.5) is 0 Å². The number of halogens is 1. The van der Waals surface area contributed by atoms with Crippen LogP contribution in [0.15, 0.2) is 30.5 Å². The molecule has 0 aliphatic carbocycles. The van der Waals surface area contributed by atoms with E-state index in [0.29, 0.717) is 0 Å². The van der Waals surface area contributed by atoms with Crippen molar-refractivity contribution in [2.45, 2.75) is 77.7 Å². The highest BCUT2D eigenvalue weighted by molar-refractivity contribution is 5.85. The molecule has 1 nitrogen and oxygen atoms in total. The minimum Gasteiger partial charge on any atom is -0.373 e. The average Bonchev–Trinajstić information content (AvgIpc) is 2.56. The second-order valence-corrected chi connectivity index (χ2v) is 6.67. The molecule has 0 atom stereocenters. The quantitative estimate of drug-likeness (QED) is 0.401. The van der Waals surface area contributed by atoms with Crippen molar-refractivity contribution in [2.75, 3.05) is 6.54 Å². The highest BCUT2D eigenvalue weighted by Gasteiger charge is 2.08. The standard InChI is InChI=1S/C21H33N.ClH/c1-2-3-4-5-6-7-8-9-10-13-17-22-18-16-20-14-11-12-15-21(20)19-22;/h11-12,14-16,18H,2-10,13,17,19H2,1H3;1H. The number of fused-ring (bicyclic) bond motifs is 1. The highest BCUT2D eigenvalue weighted by Crippen LogP contribution is 2.19. The number of nitrogens with zero attached hydrogens (tertiary/aromatic N) is 1. The lowest BCUT2D eigenvalue weighted by Crippen LogP contribution is -2.21. The molecule has 2 rings (SSSR count). The maximum atomic E-state index is 2.47. The molecule has 0 saturated heterocycles. The van der Waals surface area contributed by atoms with Crippen molar-refractivity contribution < 1.29 is 0 Å². The SMILES string of the molecule is CCCCCCCCCCCCN1C=Cc2ccccc2C1.Cl. The fraction of sp³-hybridized carbons (Fsp3) is 0.619. The molecule has 0 N–H and O–H groups in total. The Balaban J connectivity index is 0.00000264. The predicted octanol–water partition coefficient (Wildman–Crippen LogP) is 6.82. The van der Waals surface area contributed by atoms with Crippen LogP contribution < -0.4 is 0 Å². The molecule has 23 heavy (non-hydrogen) atoms. The summed E-state index contributed by atoms with van der Waals surface area (Å²) in [5.41, 5.74) is 2.86. The lowest BCUT2D eigenvalue weighted by Gasteiger charge is -2.25. The van der Waals surface area contributed by atoms with Gasteiger partial charge in [0.2, 0.25) is 0 Å². The molecule has 1 aromatic rings. The third-order valence-electron chi connectivity index (χ3n) is 4.69. The molecule has 1 aromatic carbocycles. The van der Waals surface area contributed by atoms with Gasteiger partial charge in [-0.15, -0.1) is 12.4 Å². The van der Waals surface area contributed by atoms with Gasteiger partial charge in [0.1, 0.15) is 0 Å². The van der Waals surface area contributed by atoms with Crippen LogP contribution in [0.1, 0.15) is 82.3 Å². The van der Waals surface area contributed by atoms with E-state index < -0.39 is 0 Å². The third-order valence-corrected chi connectivity index (χ3v) is 4.69. The molecule has 0 bridgehead atoms. The topological polar surface area (TPSA) is 3.24 Å². The van der Waals surface area contributed by atoms with Gasteiger partial charge in [-0.2, -0.15) is 0 Å². The monoisotopic (exact) mass is 335 g/mol. The molecular weight excluding hydrogens is 302 g/mol. The van der Waals surface area contributed by atoms with Gasteiger partial charge in [-0.05, 0) is 29.8 Å². The summed E-state index contributed by atoms with van der Waals surface area (Å²) in [4.78, 5) is 2.47.